The minimum Gasteiger partial charge on any atom is -0.493 e. The zero-order valence-corrected chi connectivity index (χ0v) is 15.3. The van der Waals surface area contributed by atoms with E-state index in [4.69, 9.17) is 14.6 Å². The zero-order valence-electron chi connectivity index (χ0n) is 13.7. The minimum atomic E-state index is -1.09. The summed E-state index contributed by atoms with van der Waals surface area (Å²) >= 11 is 3.36. The van der Waals surface area contributed by atoms with Crippen LogP contribution in [0.5, 0.6) is 11.5 Å². The minimum absolute atomic E-state index is 0.282. The van der Waals surface area contributed by atoms with Crippen LogP contribution in [0.2, 0.25) is 0 Å². The number of para-hydroxylation sites is 1. The number of aliphatic carboxylic acids is 1. The van der Waals surface area contributed by atoms with Gasteiger partial charge in [-0.2, -0.15) is 5.26 Å². The molecule has 0 aliphatic heterocycles. The molecule has 0 aliphatic carbocycles. The fourth-order valence-corrected chi connectivity index (χ4v) is 2.39. The van der Waals surface area contributed by atoms with Crippen molar-refractivity contribution in [3.05, 3.63) is 58.1 Å². The van der Waals surface area contributed by atoms with Crippen LogP contribution in [0.4, 0.5) is 0 Å². The van der Waals surface area contributed by atoms with E-state index in [9.17, 15) is 10.1 Å². The van der Waals surface area contributed by atoms with Gasteiger partial charge in [-0.3, -0.25) is 0 Å². The second-order valence-corrected chi connectivity index (χ2v) is 6.07. The summed E-state index contributed by atoms with van der Waals surface area (Å²) in [5.74, 6) is -0.408. The van der Waals surface area contributed by atoms with Crippen LogP contribution in [0.15, 0.2) is 46.9 Å². The SMILES string of the molecule is COc1cccc(/C=C(/C#N)c2ccc(Br)cc2)c1O[C@H](C)C(=O)O. The summed E-state index contributed by atoms with van der Waals surface area (Å²) in [7, 11) is 1.47. The summed E-state index contributed by atoms with van der Waals surface area (Å²) < 4.78 is 11.7. The van der Waals surface area contributed by atoms with Gasteiger partial charge in [-0.15, -0.1) is 0 Å². The molecular formula is C19H16BrNO4. The highest BCUT2D eigenvalue weighted by atomic mass is 79.9. The first-order valence-corrected chi connectivity index (χ1v) is 8.19. The molecule has 0 saturated carbocycles. The molecule has 0 aliphatic rings. The van der Waals surface area contributed by atoms with Crippen molar-refractivity contribution >= 4 is 33.5 Å². The molecule has 2 aromatic rings. The van der Waals surface area contributed by atoms with Gasteiger partial charge in [-0.05, 0) is 36.8 Å². The molecule has 0 aromatic heterocycles. The number of ether oxygens (including phenoxy) is 2. The number of carbonyl (C=O) groups is 1. The van der Waals surface area contributed by atoms with E-state index < -0.39 is 12.1 Å². The van der Waals surface area contributed by atoms with Gasteiger partial charge >= 0.3 is 5.97 Å². The summed E-state index contributed by atoms with van der Waals surface area (Å²) in [6.07, 6.45) is 0.594. The fraction of sp³-hybridized carbons (Fsp3) is 0.158. The van der Waals surface area contributed by atoms with E-state index in [1.165, 1.54) is 14.0 Å². The normalized spacial score (nSPS) is 12.2. The molecule has 0 spiro atoms. The number of carboxylic acids is 1. The van der Waals surface area contributed by atoms with Crippen LogP contribution in [0.3, 0.4) is 0 Å². The van der Waals surface area contributed by atoms with Crippen molar-refractivity contribution in [1.82, 2.24) is 0 Å². The molecule has 25 heavy (non-hydrogen) atoms. The van der Waals surface area contributed by atoms with Gasteiger partial charge in [-0.1, -0.05) is 40.2 Å². The Kier molecular flexibility index (Phi) is 6.20. The lowest BCUT2D eigenvalue weighted by Gasteiger charge is -2.16. The fourth-order valence-electron chi connectivity index (χ4n) is 2.13. The van der Waals surface area contributed by atoms with Crippen LogP contribution in [0.25, 0.3) is 11.6 Å². The number of carboxylic acid groups (broad SMARTS) is 1. The lowest BCUT2D eigenvalue weighted by Crippen LogP contribution is -2.23. The van der Waals surface area contributed by atoms with Gasteiger partial charge in [0.2, 0.25) is 0 Å². The van der Waals surface area contributed by atoms with Gasteiger partial charge in [0.1, 0.15) is 0 Å². The van der Waals surface area contributed by atoms with Crippen molar-refractivity contribution < 1.29 is 19.4 Å². The number of methoxy groups -OCH3 is 1. The monoisotopic (exact) mass is 401 g/mol. The summed E-state index contributed by atoms with van der Waals surface area (Å²) in [4.78, 5) is 11.1. The molecule has 0 fully saturated rings. The van der Waals surface area contributed by atoms with Gasteiger partial charge in [0, 0.05) is 10.0 Å². The Morgan fingerprint density at radius 3 is 2.52 bits per heavy atom. The average molecular weight is 402 g/mol. The third kappa shape index (κ3) is 4.61. The summed E-state index contributed by atoms with van der Waals surface area (Å²) in [5, 5.41) is 18.6. The highest BCUT2D eigenvalue weighted by Gasteiger charge is 2.18. The molecule has 128 valence electrons. The molecule has 0 bridgehead atoms. The number of nitrogens with zero attached hydrogens (tertiary/aromatic N) is 1. The predicted molar refractivity (Wildman–Crippen MR) is 98.3 cm³/mol. The van der Waals surface area contributed by atoms with E-state index in [-0.39, 0.29) is 5.75 Å². The Balaban J connectivity index is 2.51. The molecule has 2 aromatic carbocycles. The van der Waals surface area contributed by atoms with Crippen molar-refractivity contribution in [3.63, 3.8) is 0 Å². The van der Waals surface area contributed by atoms with Crippen molar-refractivity contribution in [2.45, 2.75) is 13.0 Å². The van der Waals surface area contributed by atoms with Gasteiger partial charge in [0.25, 0.3) is 0 Å². The Hall–Kier alpha value is -2.78. The topological polar surface area (TPSA) is 79.5 Å². The molecule has 0 amide bonds. The van der Waals surface area contributed by atoms with Crippen LogP contribution >= 0.6 is 15.9 Å². The molecule has 0 heterocycles. The molecule has 5 nitrogen and oxygen atoms in total. The Bertz CT molecular complexity index is 837. The first kappa shape index (κ1) is 18.6. The van der Waals surface area contributed by atoms with Crippen molar-refractivity contribution in [2.75, 3.05) is 7.11 Å². The Morgan fingerprint density at radius 2 is 1.96 bits per heavy atom. The Morgan fingerprint density at radius 1 is 1.28 bits per heavy atom. The number of allylic oxidation sites excluding steroid dienone is 1. The maximum absolute atomic E-state index is 11.1. The molecule has 1 N–H and O–H groups in total. The predicted octanol–water partition coefficient (Wildman–Crippen LogP) is 4.37. The van der Waals surface area contributed by atoms with Crippen molar-refractivity contribution in [3.8, 4) is 17.6 Å². The van der Waals surface area contributed by atoms with Gasteiger partial charge in [-0.25, -0.2) is 4.79 Å². The van der Waals surface area contributed by atoms with E-state index >= 15 is 0 Å². The number of benzene rings is 2. The third-order valence-electron chi connectivity index (χ3n) is 3.45. The number of halogens is 1. The highest BCUT2D eigenvalue weighted by Crippen LogP contribution is 2.34. The second-order valence-electron chi connectivity index (χ2n) is 5.15. The molecule has 1 atom stereocenters. The van der Waals surface area contributed by atoms with Crippen LogP contribution in [0.1, 0.15) is 18.1 Å². The van der Waals surface area contributed by atoms with Crippen molar-refractivity contribution in [1.29, 1.82) is 5.26 Å². The highest BCUT2D eigenvalue weighted by molar-refractivity contribution is 9.10. The van der Waals surface area contributed by atoms with Crippen molar-refractivity contribution in [2.24, 2.45) is 0 Å². The summed E-state index contributed by atoms with van der Waals surface area (Å²) in [5.41, 5.74) is 1.73. The lowest BCUT2D eigenvalue weighted by atomic mass is 10.0. The Labute approximate surface area is 154 Å². The lowest BCUT2D eigenvalue weighted by molar-refractivity contribution is -0.144. The van der Waals surface area contributed by atoms with Crippen LogP contribution in [-0.4, -0.2) is 24.3 Å². The summed E-state index contributed by atoms with van der Waals surface area (Å²) in [6, 6.07) is 14.6. The third-order valence-corrected chi connectivity index (χ3v) is 3.98. The van der Waals surface area contributed by atoms with E-state index in [0.29, 0.717) is 16.9 Å². The molecule has 6 heteroatoms. The molecule has 2 rings (SSSR count). The van der Waals surface area contributed by atoms with E-state index in [1.54, 1.807) is 24.3 Å². The van der Waals surface area contributed by atoms with Crippen LogP contribution in [0, 0.1) is 11.3 Å². The maximum Gasteiger partial charge on any atom is 0.344 e. The standard InChI is InChI=1S/C19H16BrNO4/c1-12(19(22)23)25-18-14(4-3-5-17(18)24-2)10-15(11-21)13-6-8-16(20)9-7-13/h3-10,12H,1-2H3,(H,22,23)/b15-10-/t12-/m1/s1. The molecule has 0 saturated heterocycles. The summed E-state index contributed by atoms with van der Waals surface area (Å²) in [6.45, 7) is 1.43. The van der Waals surface area contributed by atoms with E-state index in [0.717, 1.165) is 10.0 Å². The quantitative estimate of drug-likeness (QED) is 0.573. The molecule has 0 unspecified atom stereocenters. The molecular weight excluding hydrogens is 386 g/mol. The van der Waals surface area contributed by atoms with Gasteiger partial charge in [0.05, 0.1) is 18.8 Å². The number of hydrogen-bond acceptors (Lipinski definition) is 4. The number of hydrogen-bond donors (Lipinski definition) is 1. The average Bonchev–Trinajstić information content (AvgIpc) is 2.61. The van der Waals surface area contributed by atoms with Crippen LogP contribution in [-0.2, 0) is 4.79 Å². The zero-order chi connectivity index (χ0) is 18.4. The van der Waals surface area contributed by atoms with E-state index in [2.05, 4.69) is 22.0 Å². The largest absolute Gasteiger partial charge is 0.493 e. The maximum atomic E-state index is 11.1. The smallest absolute Gasteiger partial charge is 0.344 e. The van der Waals surface area contributed by atoms with E-state index in [1.807, 2.05) is 24.3 Å². The number of rotatable bonds is 6. The van der Waals surface area contributed by atoms with Crippen LogP contribution < -0.4 is 9.47 Å². The first-order chi connectivity index (χ1) is 12.0. The molecule has 0 radical (unpaired) electrons. The number of nitriles is 1. The van der Waals surface area contributed by atoms with Gasteiger partial charge in [0.15, 0.2) is 17.6 Å². The first-order valence-electron chi connectivity index (χ1n) is 7.40. The van der Waals surface area contributed by atoms with Gasteiger partial charge < -0.3 is 14.6 Å². The second kappa shape index (κ2) is 8.36.